The minimum Gasteiger partial charge on any atom is -0.482 e. The zero-order valence-electron chi connectivity index (χ0n) is 11.0. The lowest BCUT2D eigenvalue weighted by Crippen LogP contribution is -2.34. The van der Waals surface area contributed by atoms with Crippen molar-refractivity contribution in [2.75, 3.05) is 25.4 Å². The summed E-state index contributed by atoms with van der Waals surface area (Å²) in [4.78, 5) is 24.2. The van der Waals surface area contributed by atoms with Gasteiger partial charge in [-0.2, -0.15) is 0 Å². The van der Waals surface area contributed by atoms with Crippen molar-refractivity contribution in [3.05, 3.63) is 23.8 Å². The number of hydrogen-bond donors (Lipinski definition) is 2. The molecule has 6 nitrogen and oxygen atoms in total. The van der Waals surface area contributed by atoms with Gasteiger partial charge in [-0.15, -0.1) is 0 Å². The van der Waals surface area contributed by atoms with Gasteiger partial charge >= 0.3 is 5.97 Å². The molecule has 0 aliphatic rings. The summed E-state index contributed by atoms with van der Waals surface area (Å²) in [5, 5.41) is 8.87. The van der Waals surface area contributed by atoms with Crippen LogP contribution in [0.5, 0.6) is 5.75 Å². The molecule has 6 heteroatoms. The largest absolute Gasteiger partial charge is 0.482 e. The third-order valence-corrected chi connectivity index (χ3v) is 2.73. The van der Waals surface area contributed by atoms with Crippen molar-refractivity contribution < 1.29 is 19.4 Å². The summed E-state index contributed by atoms with van der Waals surface area (Å²) in [6.45, 7) is 4.79. The van der Waals surface area contributed by atoms with Gasteiger partial charge in [0.1, 0.15) is 5.75 Å². The molecule has 0 saturated carbocycles. The number of ether oxygens (including phenoxy) is 1. The molecule has 1 rings (SSSR count). The molecule has 104 valence electrons. The minimum atomic E-state index is -1.07. The summed E-state index contributed by atoms with van der Waals surface area (Å²) in [6.07, 6.45) is 0. The second kappa shape index (κ2) is 6.63. The van der Waals surface area contributed by atoms with Gasteiger partial charge in [0.2, 0.25) is 0 Å². The number of carboxylic acids is 1. The number of nitrogens with zero attached hydrogens (tertiary/aromatic N) is 1. The molecular formula is C13H18N2O4. The van der Waals surface area contributed by atoms with Crippen LogP contribution in [0.1, 0.15) is 24.2 Å². The lowest BCUT2D eigenvalue weighted by molar-refractivity contribution is -0.132. The Kier molecular flexibility index (Phi) is 5.17. The number of anilines is 1. The molecule has 0 aliphatic carbocycles. The highest BCUT2D eigenvalue weighted by Gasteiger charge is 2.12. The Labute approximate surface area is 111 Å². The molecule has 3 N–H and O–H groups in total. The Bertz CT molecular complexity index is 470. The highest BCUT2D eigenvalue weighted by molar-refractivity contribution is 5.89. The molecule has 0 radical (unpaired) electrons. The second-order valence-corrected chi connectivity index (χ2v) is 3.91. The molecule has 0 heterocycles. The van der Waals surface area contributed by atoms with Gasteiger partial charge in [-0.25, -0.2) is 4.79 Å². The molecule has 1 amide bonds. The number of rotatable bonds is 6. The molecule has 1 aromatic carbocycles. The van der Waals surface area contributed by atoms with Crippen LogP contribution in [0.15, 0.2) is 18.2 Å². The Morgan fingerprint density at radius 2 is 1.95 bits per heavy atom. The average molecular weight is 266 g/mol. The van der Waals surface area contributed by atoms with Crippen molar-refractivity contribution >= 4 is 17.6 Å². The summed E-state index contributed by atoms with van der Waals surface area (Å²) >= 11 is 0. The number of aromatic carboxylic acids is 1. The maximum absolute atomic E-state index is 11.8. The fourth-order valence-corrected chi connectivity index (χ4v) is 1.60. The standard InChI is InChI=1S/C13H18N2O4/c1-3-15(4-2)12(16)8-19-11-7-9(13(17)18)5-6-10(11)14/h5-7H,3-4,8,14H2,1-2H3,(H,17,18). The van der Waals surface area contributed by atoms with Gasteiger partial charge in [0.25, 0.3) is 5.91 Å². The second-order valence-electron chi connectivity index (χ2n) is 3.91. The van der Waals surface area contributed by atoms with E-state index in [1.165, 1.54) is 18.2 Å². The molecule has 0 aromatic heterocycles. The molecule has 0 unspecified atom stereocenters. The first-order valence-electron chi connectivity index (χ1n) is 6.03. The van der Waals surface area contributed by atoms with Crippen molar-refractivity contribution in [3.8, 4) is 5.75 Å². The minimum absolute atomic E-state index is 0.0690. The van der Waals surface area contributed by atoms with E-state index in [1.807, 2.05) is 13.8 Å². The van der Waals surface area contributed by atoms with E-state index < -0.39 is 5.97 Å². The van der Waals surface area contributed by atoms with Crippen LogP contribution in [0, 0.1) is 0 Å². The van der Waals surface area contributed by atoms with Gasteiger partial charge in [-0.05, 0) is 32.0 Å². The first-order valence-corrected chi connectivity index (χ1v) is 6.03. The molecule has 0 atom stereocenters. The molecule has 1 aromatic rings. The zero-order chi connectivity index (χ0) is 14.4. The van der Waals surface area contributed by atoms with E-state index in [9.17, 15) is 9.59 Å². The predicted molar refractivity (Wildman–Crippen MR) is 71.2 cm³/mol. The van der Waals surface area contributed by atoms with Crippen molar-refractivity contribution in [1.82, 2.24) is 4.90 Å². The Hall–Kier alpha value is -2.24. The summed E-state index contributed by atoms with van der Waals surface area (Å²) in [7, 11) is 0. The first-order chi connectivity index (χ1) is 8.99. The number of nitrogen functional groups attached to an aromatic ring is 1. The van der Waals surface area contributed by atoms with Crippen molar-refractivity contribution in [2.24, 2.45) is 0 Å². The van der Waals surface area contributed by atoms with Gasteiger partial charge in [-0.3, -0.25) is 4.79 Å². The number of benzene rings is 1. The van der Waals surface area contributed by atoms with Crippen LogP contribution in [0.4, 0.5) is 5.69 Å². The Morgan fingerprint density at radius 3 is 2.47 bits per heavy atom. The van der Waals surface area contributed by atoms with Gasteiger partial charge in [0.05, 0.1) is 11.3 Å². The summed E-state index contributed by atoms with van der Waals surface area (Å²) < 4.78 is 5.29. The quantitative estimate of drug-likeness (QED) is 0.755. The fourth-order valence-electron chi connectivity index (χ4n) is 1.60. The van der Waals surface area contributed by atoms with Crippen LogP contribution in [0.25, 0.3) is 0 Å². The zero-order valence-corrected chi connectivity index (χ0v) is 11.0. The summed E-state index contributed by atoms with van der Waals surface area (Å²) in [5.41, 5.74) is 6.05. The Balaban J connectivity index is 2.74. The molecule has 0 spiro atoms. The molecule has 0 saturated heterocycles. The summed E-state index contributed by atoms with van der Waals surface area (Å²) in [6, 6.07) is 4.14. The van der Waals surface area contributed by atoms with Crippen LogP contribution in [0.3, 0.4) is 0 Å². The van der Waals surface area contributed by atoms with E-state index in [0.29, 0.717) is 18.8 Å². The van der Waals surface area contributed by atoms with Crippen LogP contribution in [-0.2, 0) is 4.79 Å². The topological polar surface area (TPSA) is 92.9 Å². The van der Waals surface area contributed by atoms with E-state index in [2.05, 4.69) is 0 Å². The van der Waals surface area contributed by atoms with Crippen LogP contribution >= 0.6 is 0 Å². The third-order valence-electron chi connectivity index (χ3n) is 2.73. The fraction of sp³-hybridized carbons (Fsp3) is 0.385. The van der Waals surface area contributed by atoms with Crippen LogP contribution in [0.2, 0.25) is 0 Å². The molecule has 0 aliphatic heterocycles. The van der Waals surface area contributed by atoms with Crippen molar-refractivity contribution in [2.45, 2.75) is 13.8 Å². The monoisotopic (exact) mass is 266 g/mol. The maximum Gasteiger partial charge on any atom is 0.335 e. The van der Waals surface area contributed by atoms with E-state index in [0.717, 1.165) is 0 Å². The molecular weight excluding hydrogens is 248 g/mol. The number of carbonyl (C=O) groups is 2. The number of hydrogen-bond acceptors (Lipinski definition) is 4. The third kappa shape index (κ3) is 3.87. The van der Waals surface area contributed by atoms with E-state index in [1.54, 1.807) is 4.90 Å². The number of carbonyl (C=O) groups excluding carboxylic acids is 1. The smallest absolute Gasteiger partial charge is 0.335 e. The van der Waals surface area contributed by atoms with Gasteiger partial charge in [0.15, 0.2) is 6.61 Å². The summed E-state index contributed by atoms with van der Waals surface area (Å²) in [5.74, 6) is -1.02. The molecule has 0 bridgehead atoms. The van der Waals surface area contributed by atoms with E-state index >= 15 is 0 Å². The van der Waals surface area contributed by atoms with Gasteiger partial charge in [0, 0.05) is 13.1 Å². The van der Waals surface area contributed by atoms with E-state index in [-0.39, 0.29) is 23.8 Å². The van der Waals surface area contributed by atoms with E-state index in [4.69, 9.17) is 15.6 Å². The lowest BCUT2D eigenvalue weighted by atomic mass is 10.2. The van der Waals surface area contributed by atoms with Crippen molar-refractivity contribution in [3.63, 3.8) is 0 Å². The van der Waals surface area contributed by atoms with Gasteiger partial charge in [-0.1, -0.05) is 0 Å². The molecule has 0 fully saturated rings. The van der Waals surface area contributed by atoms with Crippen molar-refractivity contribution in [1.29, 1.82) is 0 Å². The highest BCUT2D eigenvalue weighted by Crippen LogP contribution is 2.22. The van der Waals surface area contributed by atoms with Crippen LogP contribution < -0.4 is 10.5 Å². The normalized spacial score (nSPS) is 10.0. The molecule has 19 heavy (non-hydrogen) atoms. The average Bonchev–Trinajstić information content (AvgIpc) is 2.38. The van der Waals surface area contributed by atoms with Crippen LogP contribution in [-0.4, -0.2) is 41.6 Å². The Morgan fingerprint density at radius 1 is 1.32 bits per heavy atom. The first kappa shape index (κ1) is 14.8. The maximum atomic E-state index is 11.8. The number of carboxylic acid groups (broad SMARTS) is 1. The number of amides is 1. The van der Waals surface area contributed by atoms with Gasteiger partial charge < -0.3 is 20.5 Å². The number of likely N-dealkylation sites (N-methyl/N-ethyl adjacent to an activating group) is 1. The SMILES string of the molecule is CCN(CC)C(=O)COc1cc(C(=O)O)ccc1N. The lowest BCUT2D eigenvalue weighted by Gasteiger charge is -2.19. The predicted octanol–water partition coefficient (Wildman–Crippen LogP) is 1.21. The highest BCUT2D eigenvalue weighted by atomic mass is 16.5. The number of nitrogens with two attached hydrogens (primary N) is 1.